The van der Waals surface area contributed by atoms with Crippen molar-refractivity contribution in [1.82, 2.24) is 15.1 Å². The van der Waals surface area contributed by atoms with E-state index < -0.39 is 0 Å². The Kier molecular flexibility index (Phi) is 5.23. The van der Waals surface area contributed by atoms with Gasteiger partial charge in [0.25, 0.3) is 0 Å². The van der Waals surface area contributed by atoms with Gasteiger partial charge in [0, 0.05) is 38.8 Å². The van der Waals surface area contributed by atoms with E-state index in [2.05, 4.69) is 64.5 Å². The van der Waals surface area contributed by atoms with Crippen molar-refractivity contribution in [3.05, 3.63) is 48.0 Å². The Balaban J connectivity index is 1.27. The summed E-state index contributed by atoms with van der Waals surface area (Å²) in [4.78, 5) is 17.0. The predicted octanol–water partition coefficient (Wildman–Crippen LogP) is 2.87. The molecule has 0 unspecified atom stereocenters. The molecule has 0 aromatic heterocycles. The van der Waals surface area contributed by atoms with Crippen LogP contribution in [0.2, 0.25) is 0 Å². The molecule has 2 fully saturated rings. The van der Waals surface area contributed by atoms with E-state index in [1.54, 1.807) is 0 Å². The zero-order valence-electron chi connectivity index (χ0n) is 15.7. The molecule has 4 nitrogen and oxygen atoms in total. The third-order valence-electron chi connectivity index (χ3n) is 5.82. The first kappa shape index (κ1) is 17.5. The van der Waals surface area contributed by atoms with Crippen LogP contribution in [0.3, 0.4) is 0 Å². The molecule has 1 heterocycles. The number of carbonyl (C=O) groups is 1. The molecular weight excluding hydrogens is 322 g/mol. The van der Waals surface area contributed by atoms with Crippen LogP contribution >= 0.6 is 0 Å². The van der Waals surface area contributed by atoms with E-state index in [1.165, 1.54) is 29.2 Å². The lowest BCUT2D eigenvalue weighted by Gasteiger charge is -2.34. The van der Waals surface area contributed by atoms with E-state index in [1.807, 2.05) is 0 Å². The van der Waals surface area contributed by atoms with Crippen LogP contribution in [0.5, 0.6) is 0 Å². The first-order chi connectivity index (χ1) is 12.7. The standard InChI is InChI=1S/C22H29N3O/c1-17(18-9-10-18)23-22(26)16-25-13-11-24(12-14-25)15-20-7-4-6-19-5-2-3-8-21(19)20/h2-8,17-18H,9-16H2,1H3,(H,23,26)/t17-/m0/s1. The number of amides is 1. The summed E-state index contributed by atoms with van der Waals surface area (Å²) in [7, 11) is 0. The second kappa shape index (κ2) is 7.77. The summed E-state index contributed by atoms with van der Waals surface area (Å²) >= 11 is 0. The van der Waals surface area contributed by atoms with Gasteiger partial charge >= 0.3 is 0 Å². The van der Waals surface area contributed by atoms with Gasteiger partial charge in [0.2, 0.25) is 5.91 Å². The lowest BCUT2D eigenvalue weighted by molar-refractivity contribution is -0.123. The van der Waals surface area contributed by atoms with Gasteiger partial charge in [-0.15, -0.1) is 0 Å². The topological polar surface area (TPSA) is 35.6 Å². The average molecular weight is 351 g/mol. The minimum absolute atomic E-state index is 0.187. The normalized spacial score (nSPS) is 20.2. The van der Waals surface area contributed by atoms with Gasteiger partial charge in [-0.1, -0.05) is 42.5 Å². The first-order valence-corrected chi connectivity index (χ1v) is 9.90. The van der Waals surface area contributed by atoms with Crippen molar-refractivity contribution in [2.24, 2.45) is 5.92 Å². The maximum Gasteiger partial charge on any atom is 0.234 e. The molecule has 0 spiro atoms. The van der Waals surface area contributed by atoms with Crippen molar-refractivity contribution in [1.29, 1.82) is 0 Å². The van der Waals surface area contributed by atoms with Crippen LogP contribution in [0, 0.1) is 5.92 Å². The van der Waals surface area contributed by atoms with Crippen LogP contribution in [0.15, 0.2) is 42.5 Å². The summed E-state index contributed by atoms with van der Waals surface area (Å²) < 4.78 is 0. The maximum atomic E-state index is 12.2. The van der Waals surface area contributed by atoms with Crippen LogP contribution in [0.1, 0.15) is 25.3 Å². The minimum atomic E-state index is 0.187. The second-order valence-corrected chi connectivity index (χ2v) is 7.88. The molecule has 1 saturated carbocycles. The number of nitrogens with one attached hydrogen (secondary N) is 1. The number of rotatable bonds is 6. The summed E-state index contributed by atoms with van der Waals surface area (Å²) in [5, 5.41) is 5.83. The summed E-state index contributed by atoms with van der Waals surface area (Å²) in [6.07, 6.45) is 2.54. The fourth-order valence-corrected chi connectivity index (χ4v) is 3.99. The van der Waals surface area contributed by atoms with E-state index >= 15 is 0 Å². The number of hydrogen-bond donors (Lipinski definition) is 1. The zero-order chi connectivity index (χ0) is 17.9. The van der Waals surface area contributed by atoms with Crippen molar-refractivity contribution in [3.8, 4) is 0 Å². The highest BCUT2D eigenvalue weighted by Crippen LogP contribution is 2.32. The third-order valence-corrected chi connectivity index (χ3v) is 5.82. The van der Waals surface area contributed by atoms with E-state index in [0.717, 1.165) is 38.6 Å². The van der Waals surface area contributed by atoms with Crippen LogP contribution < -0.4 is 5.32 Å². The Morgan fingerprint density at radius 1 is 1.04 bits per heavy atom. The summed E-state index contributed by atoms with van der Waals surface area (Å²) in [5.41, 5.74) is 1.40. The highest BCUT2D eigenvalue weighted by atomic mass is 16.2. The SMILES string of the molecule is C[C@H](NC(=O)CN1CCN(Cc2cccc3ccccc23)CC1)C1CC1. The maximum absolute atomic E-state index is 12.2. The lowest BCUT2D eigenvalue weighted by Crippen LogP contribution is -2.50. The van der Waals surface area contributed by atoms with Crippen molar-refractivity contribution in [2.75, 3.05) is 32.7 Å². The molecule has 1 atom stereocenters. The van der Waals surface area contributed by atoms with Crippen molar-refractivity contribution >= 4 is 16.7 Å². The predicted molar refractivity (Wildman–Crippen MR) is 106 cm³/mol. The molecule has 0 bridgehead atoms. The smallest absolute Gasteiger partial charge is 0.234 e. The fourth-order valence-electron chi connectivity index (χ4n) is 3.99. The van der Waals surface area contributed by atoms with Gasteiger partial charge in [-0.25, -0.2) is 0 Å². The largest absolute Gasteiger partial charge is 0.352 e. The Morgan fingerprint density at radius 2 is 1.73 bits per heavy atom. The Morgan fingerprint density at radius 3 is 2.50 bits per heavy atom. The summed E-state index contributed by atoms with van der Waals surface area (Å²) in [6.45, 7) is 7.65. The van der Waals surface area contributed by atoms with Crippen molar-refractivity contribution in [2.45, 2.75) is 32.4 Å². The number of hydrogen-bond acceptors (Lipinski definition) is 3. The molecule has 0 radical (unpaired) electrons. The minimum Gasteiger partial charge on any atom is -0.352 e. The number of carbonyl (C=O) groups excluding carboxylic acids is 1. The van der Waals surface area contributed by atoms with Gasteiger partial charge in [0.05, 0.1) is 6.54 Å². The summed E-state index contributed by atoms with van der Waals surface area (Å²) in [5.74, 6) is 0.906. The van der Waals surface area contributed by atoms with Crippen molar-refractivity contribution in [3.63, 3.8) is 0 Å². The van der Waals surface area contributed by atoms with Crippen LogP contribution in [0.4, 0.5) is 0 Å². The molecule has 1 aliphatic heterocycles. The van der Waals surface area contributed by atoms with Gasteiger partial charge < -0.3 is 5.32 Å². The quantitative estimate of drug-likeness (QED) is 0.869. The molecule has 2 aliphatic rings. The molecule has 26 heavy (non-hydrogen) atoms. The Labute approximate surface area is 156 Å². The molecule has 138 valence electrons. The lowest BCUT2D eigenvalue weighted by atomic mass is 10.0. The van der Waals surface area contributed by atoms with E-state index in [-0.39, 0.29) is 5.91 Å². The monoisotopic (exact) mass is 351 g/mol. The van der Waals surface area contributed by atoms with Crippen LogP contribution in [-0.4, -0.2) is 54.5 Å². The van der Waals surface area contributed by atoms with Gasteiger partial charge in [-0.2, -0.15) is 0 Å². The van der Waals surface area contributed by atoms with E-state index in [0.29, 0.717) is 12.6 Å². The molecule has 2 aromatic rings. The third kappa shape index (κ3) is 4.25. The number of fused-ring (bicyclic) bond motifs is 1. The molecule has 1 N–H and O–H groups in total. The molecule has 2 aromatic carbocycles. The van der Waals surface area contributed by atoms with Crippen LogP contribution in [0.25, 0.3) is 10.8 Å². The molecule has 4 heteroatoms. The average Bonchev–Trinajstić information content (AvgIpc) is 3.49. The first-order valence-electron chi connectivity index (χ1n) is 9.90. The highest BCUT2D eigenvalue weighted by Gasteiger charge is 2.29. The van der Waals surface area contributed by atoms with Gasteiger partial charge in [-0.3, -0.25) is 14.6 Å². The van der Waals surface area contributed by atoms with Crippen LogP contribution in [-0.2, 0) is 11.3 Å². The van der Waals surface area contributed by atoms with Gasteiger partial charge in [0.15, 0.2) is 0 Å². The van der Waals surface area contributed by atoms with E-state index in [9.17, 15) is 4.79 Å². The van der Waals surface area contributed by atoms with Gasteiger partial charge in [0.1, 0.15) is 0 Å². The highest BCUT2D eigenvalue weighted by molar-refractivity contribution is 5.85. The second-order valence-electron chi connectivity index (χ2n) is 7.88. The fraction of sp³-hybridized carbons (Fsp3) is 0.500. The molecule has 1 aliphatic carbocycles. The molecule has 1 saturated heterocycles. The molecule has 1 amide bonds. The summed E-state index contributed by atoms with van der Waals surface area (Å²) in [6, 6.07) is 15.5. The molecule has 4 rings (SSSR count). The molecular formula is C22H29N3O. The number of benzene rings is 2. The van der Waals surface area contributed by atoms with E-state index in [4.69, 9.17) is 0 Å². The number of nitrogens with zero attached hydrogens (tertiary/aromatic N) is 2. The Hall–Kier alpha value is -1.91. The zero-order valence-corrected chi connectivity index (χ0v) is 15.7. The number of piperazine rings is 1. The Bertz CT molecular complexity index is 758. The van der Waals surface area contributed by atoms with Gasteiger partial charge in [-0.05, 0) is 42.0 Å². The van der Waals surface area contributed by atoms with Crippen molar-refractivity contribution < 1.29 is 4.79 Å².